The Morgan fingerprint density at radius 2 is 1.89 bits per heavy atom. The largest absolute Gasteiger partial charge is 0.481 e. The second-order valence-electron chi connectivity index (χ2n) is 5.55. The molecular formula is C13H24N2O3. The van der Waals surface area contributed by atoms with Gasteiger partial charge >= 0.3 is 5.97 Å². The van der Waals surface area contributed by atoms with Gasteiger partial charge in [-0.05, 0) is 39.0 Å². The Labute approximate surface area is 108 Å². The summed E-state index contributed by atoms with van der Waals surface area (Å²) < 4.78 is 0. The van der Waals surface area contributed by atoms with Crippen LogP contribution < -0.4 is 11.1 Å². The molecule has 0 radical (unpaired) electrons. The molecule has 1 aliphatic carbocycles. The molecule has 1 aliphatic rings. The first-order chi connectivity index (χ1) is 8.39. The Morgan fingerprint density at radius 3 is 2.33 bits per heavy atom. The van der Waals surface area contributed by atoms with E-state index in [-0.39, 0.29) is 24.4 Å². The van der Waals surface area contributed by atoms with E-state index in [1.807, 2.05) is 6.92 Å². The molecule has 0 aromatic heterocycles. The highest BCUT2D eigenvalue weighted by atomic mass is 16.4. The summed E-state index contributed by atoms with van der Waals surface area (Å²) in [6.45, 7) is 3.67. The molecule has 1 fully saturated rings. The first kappa shape index (κ1) is 15.0. The summed E-state index contributed by atoms with van der Waals surface area (Å²) in [5.74, 6) is -0.890. The molecule has 0 aromatic carbocycles. The average Bonchev–Trinajstić information content (AvgIpc) is 2.36. The van der Waals surface area contributed by atoms with Crippen LogP contribution in [0.3, 0.4) is 0 Å². The van der Waals surface area contributed by atoms with E-state index in [4.69, 9.17) is 10.8 Å². The second kappa shape index (κ2) is 6.18. The van der Waals surface area contributed by atoms with Crippen molar-refractivity contribution in [2.24, 2.45) is 17.1 Å². The lowest BCUT2D eigenvalue weighted by Gasteiger charge is -2.28. The fourth-order valence-electron chi connectivity index (χ4n) is 2.16. The van der Waals surface area contributed by atoms with Crippen LogP contribution in [-0.2, 0) is 9.59 Å². The number of aliphatic carboxylic acids is 1. The van der Waals surface area contributed by atoms with Crippen LogP contribution in [0.2, 0.25) is 0 Å². The predicted octanol–water partition coefficient (Wildman–Crippen LogP) is 1.12. The van der Waals surface area contributed by atoms with Crippen LogP contribution in [0.4, 0.5) is 0 Å². The summed E-state index contributed by atoms with van der Waals surface area (Å²) in [6, 6.07) is 0.217. The fraction of sp³-hybridized carbons (Fsp3) is 0.846. The van der Waals surface area contributed by atoms with Crippen molar-refractivity contribution in [2.45, 2.75) is 52.0 Å². The molecule has 1 saturated carbocycles. The number of carboxylic acids is 1. The molecule has 0 heterocycles. The summed E-state index contributed by atoms with van der Waals surface area (Å²) in [4.78, 5) is 23.1. The lowest BCUT2D eigenvalue weighted by atomic mass is 9.84. The highest BCUT2D eigenvalue weighted by Gasteiger charge is 2.33. The normalized spacial score (nSPS) is 27.3. The third-order valence-electron chi connectivity index (χ3n) is 4.09. The summed E-state index contributed by atoms with van der Waals surface area (Å²) in [5, 5.41) is 11.9. The minimum absolute atomic E-state index is 0.000277. The lowest BCUT2D eigenvalue weighted by molar-refractivity contribution is -0.148. The van der Waals surface area contributed by atoms with Gasteiger partial charge in [0.15, 0.2) is 0 Å². The maximum Gasteiger partial charge on any atom is 0.311 e. The van der Waals surface area contributed by atoms with Gasteiger partial charge in [0.05, 0.1) is 5.41 Å². The van der Waals surface area contributed by atoms with Gasteiger partial charge in [-0.3, -0.25) is 9.59 Å². The predicted molar refractivity (Wildman–Crippen MR) is 69.0 cm³/mol. The molecule has 1 atom stereocenters. The third-order valence-corrected chi connectivity index (χ3v) is 4.09. The van der Waals surface area contributed by atoms with Crippen molar-refractivity contribution in [3.05, 3.63) is 0 Å². The van der Waals surface area contributed by atoms with Gasteiger partial charge in [0.2, 0.25) is 5.91 Å². The van der Waals surface area contributed by atoms with Crippen LogP contribution >= 0.6 is 0 Å². The number of nitrogens with one attached hydrogen (secondary N) is 1. The van der Waals surface area contributed by atoms with Crippen molar-refractivity contribution in [2.75, 3.05) is 6.54 Å². The van der Waals surface area contributed by atoms with Crippen LogP contribution in [-0.4, -0.2) is 29.6 Å². The van der Waals surface area contributed by atoms with Crippen LogP contribution in [0.15, 0.2) is 0 Å². The highest BCUT2D eigenvalue weighted by Crippen LogP contribution is 2.24. The molecule has 1 unspecified atom stereocenters. The lowest BCUT2D eigenvalue weighted by Crippen LogP contribution is -2.43. The summed E-state index contributed by atoms with van der Waals surface area (Å²) >= 11 is 0. The van der Waals surface area contributed by atoms with Gasteiger partial charge in [0, 0.05) is 18.5 Å². The average molecular weight is 256 g/mol. The zero-order valence-corrected chi connectivity index (χ0v) is 11.2. The molecule has 0 aliphatic heterocycles. The smallest absolute Gasteiger partial charge is 0.311 e. The van der Waals surface area contributed by atoms with Crippen LogP contribution in [0.5, 0.6) is 0 Å². The Morgan fingerprint density at radius 1 is 1.33 bits per heavy atom. The molecule has 0 saturated heterocycles. The van der Waals surface area contributed by atoms with Gasteiger partial charge < -0.3 is 16.2 Å². The van der Waals surface area contributed by atoms with E-state index in [9.17, 15) is 9.59 Å². The SMILES string of the molecule is CCC(C)(CNC(=O)C1CCC(N)CC1)C(=O)O. The number of nitrogens with two attached hydrogens (primary N) is 1. The van der Waals surface area contributed by atoms with Gasteiger partial charge in [0.1, 0.15) is 0 Å². The molecule has 5 heteroatoms. The fourth-order valence-corrected chi connectivity index (χ4v) is 2.16. The molecular weight excluding hydrogens is 232 g/mol. The first-order valence-electron chi connectivity index (χ1n) is 6.65. The third kappa shape index (κ3) is 3.70. The minimum atomic E-state index is -0.874. The molecule has 4 N–H and O–H groups in total. The first-order valence-corrected chi connectivity index (χ1v) is 6.65. The van der Waals surface area contributed by atoms with E-state index < -0.39 is 11.4 Å². The number of hydrogen-bond donors (Lipinski definition) is 3. The molecule has 1 amide bonds. The maximum absolute atomic E-state index is 11.9. The summed E-state index contributed by atoms with van der Waals surface area (Å²) in [5.41, 5.74) is 4.92. The Bertz CT molecular complexity index is 311. The molecule has 5 nitrogen and oxygen atoms in total. The molecule has 0 bridgehead atoms. The number of rotatable bonds is 5. The molecule has 0 spiro atoms. The summed E-state index contributed by atoms with van der Waals surface area (Å²) in [6.07, 6.45) is 3.87. The van der Waals surface area contributed by atoms with Crippen LogP contribution in [0.25, 0.3) is 0 Å². The summed E-state index contributed by atoms with van der Waals surface area (Å²) in [7, 11) is 0. The molecule has 0 aromatic rings. The van der Waals surface area contributed by atoms with E-state index in [2.05, 4.69) is 5.32 Å². The standard InChI is InChI=1S/C13H24N2O3/c1-3-13(2,12(17)18)8-15-11(16)9-4-6-10(14)7-5-9/h9-10H,3-8,14H2,1-2H3,(H,15,16)(H,17,18). The van der Waals surface area contributed by atoms with Gasteiger partial charge in [-0.25, -0.2) is 0 Å². The monoisotopic (exact) mass is 256 g/mol. The Balaban J connectivity index is 2.43. The van der Waals surface area contributed by atoms with Crippen molar-refractivity contribution < 1.29 is 14.7 Å². The number of carbonyl (C=O) groups excluding carboxylic acids is 1. The van der Waals surface area contributed by atoms with Crippen molar-refractivity contribution in [1.82, 2.24) is 5.32 Å². The Hall–Kier alpha value is -1.10. The van der Waals surface area contributed by atoms with Crippen molar-refractivity contribution in [3.8, 4) is 0 Å². The second-order valence-corrected chi connectivity index (χ2v) is 5.55. The zero-order chi connectivity index (χ0) is 13.8. The van der Waals surface area contributed by atoms with Gasteiger partial charge in [0.25, 0.3) is 0 Å². The zero-order valence-electron chi connectivity index (χ0n) is 11.2. The van der Waals surface area contributed by atoms with Crippen LogP contribution in [0, 0.1) is 11.3 Å². The van der Waals surface area contributed by atoms with Gasteiger partial charge in [-0.2, -0.15) is 0 Å². The quantitative estimate of drug-likeness (QED) is 0.687. The Kier molecular flexibility index (Phi) is 5.14. The topological polar surface area (TPSA) is 92.4 Å². The molecule has 104 valence electrons. The maximum atomic E-state index is 11.9. The van der Waals surface area contributed by atoms with E-state index in [1.165, 1.54) is 0 Å². The van der Waals surface area contributed by atoms with Crippen molar-refractivity contribution >= 4 is 11.9 Å². The highest BCUT2D eigenvalue weighted by molar-refractivity contribution is 5.80. The van der Waals surface area contributed by atoms with Gasteiger partial charge in [-0.1, -0.05) is 6.92 Å². The number of carboxylic acid groups (broad SMARTS) is 1. The van der Waals surface area contributed by atoms with Crippen molar-refractivity contribution in [3.63, 3.8) is 0 Å². The number of amides is 1. The van der Waals surface area contributed by atoms with Gasteiger partial charge in [-0.15, -0.1) is 0 Å². The van der Waals surface area contributed by atoms with E-state index in [0.717, 1.165) is 25.7 Å². The molecule has 18 heavy (non-hydrogen) atoms. The molecule has 1 rings (SSSR count). The minimum Gasteiger partial charge on any atom is -0.481 e. The van der Waals surface area contributed by atoms with Crippen molar-refractivity contribution in [1.29, 1.82) is 0 Å². The van der Waals surface area contributed by atoms with E-state index in [0.29, 0.717) is 6.42 Å². The number of hydrogen-bond acceptors (Lipinski definition) is 3. The number of carbonyl (C=O) groups is 2. The van der Waals surface area contributed by atoms with E-state index >= 15 is 0 Å². The van der Waals surface area contributed by atoms with Crippen LogP contribution in [0.1, 0.15) is 46.0 Å². The van der Waals surface area contributed by atoms with E-state index in [1.54, 1.807) is 6.92 Å².